The number of carbonyl (C=O) groups excluding carboxylic acids is 2. The molecule has 0 aromatic carbocycles. The normalized spacial score (nSPS) is 12.5. The van der Waals surface area contributed by atoms with E-state index < -0.39 is 0 Å². The molecule has 0 aliphatic heterocycles. The average molecular weight is 824 g/mol. The molecule has 0 aliphatic rings. The van der Waals surface area contributed by atoms with Crippen LogP contribution in [0.5, 0.6) is 0 Å². The Labute approximate surface area is 360 Å². The quantitative estimate of drug-likeness (QED) is 0.0370. The van der Waals surface area contributed by atoms with Gasteiger partial charge in [0.1, 0.15) is 12.2 Å². The van der Waals surface area contributed by atoms with E-state index in [-0.39, 0.29) is 24.1 Å². The maximum Gasteiger partial charge on any atom is 0.306 e. The van der Waals surface area contributed by atoms with Crippen molar-refractivity contribution in [1.82, 2.24) is 15.1 Å². The molecule has 0 fully saturated rings. The summed E-state index contributed by atoms with van der Waals surface area (Å²) >= 11 is 5.42. The van der Waals surface area contributed by atoms with Crippen LogP contribution in [0, 0.1) is 0 Å². The van der Waals surface area contributed by atoms with Gasteiger partial charge in [0.15, 0.2) is 5.11 Å². The first-order chi connectivity index (χ1) is 27.8. The molecule has 0 heterocycles. The monoisotopic (exact) mass is 824 g/mol. The van der Waals surface area contributed by atoms with E-state index in [1.54, 1.807) is 0 Å². The molecule has 0 bridgehead atoms. The summed E-state index contributed by atoms with van der Waals surface area (Å²) in [5.74, 6) is 0.0224. The Hall–Kier alpha value is -1.41. The molecule has 338 valence electrons. The number of nitrogens with zero attached hydrogens (tertiary/aromatic N) is 2. The summed E-state index contributed by atoms with van der Waals surface area (Å²) < 4.78 is 11.9. The molecule has 8 heteroatoms. The maximum absolute atomic E-state index is 12.8. The molecule has 0 saturated carbocycles. The summed E-state index contributed by atoms with van der Waals surface area (Å²) in [6, 6.07) is 0. The van der Waals surface area contributed by atoms with E-state index in [1.807, 2.05) is 19.0 Å². The van der Waals surface area contributed by atoms with Crippen LogP contribution in [0.2, 0.25) is 0 Å². The van der Waals surface area contributed by atoms with Gasteiger partial charge < -0.3 is 24.6 Å². The number of carbonyl (C=O) groups is 2. The van der Waals surface area contributed by atoms with Crippen LogP contribution in [0.1, 0.15) is 246 Å². The van der Waals surface area contributed by atoms with Crippen molar-refractivity contribution >= 4 is 29.3 Å². The minimum absolute atomic E-state index is 0.00256. The van der Waals surface area contributed by atoms with Crippen LogP contribution < -0.4 is 5.32 Å². The first-order valence-electron chi connectivity index (χ1n) is 24.8. The molecule has 2 atom stereocenters. The zero-order valence-corrected chi connectivity index (χ0v) is 39.8. The third-order valence-electron chi connectivity index (χ3n) is 11.5. The van der Waals surface area contributed by atoms with Crippen molar-refractivity contribution in [3.63, 3.8) is 0 Å². The molecule has 0 amide bonds. The fraction of sp³-hybridized carbons (Fsp3) is 0.939. The number of rotatable bonds is 43. The van der Waals surface area contributed by atoms with Crippen LogP contribution in [0.4, 0.5) is 0 Å². The number of esters is 2. The SMILES string of the molecule is CCCCCCCCC(CC)OC(=O)CCCCCCCN(CCCCCCCC(=O)OC(CCCCCCC)CCCCCCCC)CCCNC(=S)N(C)C. The predicted octanol–water partition coefficient (Wildman–Crippen LogP) is 13.9. The summed E-state index contributed by atoms with van der Waals surface area (Å²) in [7, 11) is 3.97. The van der Waals surface area contributed by atoms with Gasteiger partial charge >= 0.3 is 11.9 Å². The highest BCUT2D eigenvalue weighted by molar-refractivity contribution is 7.80. The van der Waals surface area contributed by atoms with Crippen LogP contribution in [-0.4, -0.2) is 79.3 Å². The van der Waals surface area contributed by atoms with Crippen LogP contribution >= 0.6 is 12.2 Å². The average Bonchev–Trinajstić information content (AvgIpc) is 3.19. The van der Waals surface area contributed by atoms with Crippen molar-refractivity contribution in [2.75, 3.05) is 40.3 Å². The lowest BCUT2D eigenvalue weighted by Gasteiger charge is -2.23. The van der Waals surface area contributed by atoms with Crippen LogP contribution in [0.15, 0.2) is 0 Å². The number of hydrogen-bond acceptors (Lipinski definition) is 6. The van der Waals surface area contributed by atoms with Gasteiger partial charge in [-0.05, 0) is 109 Å². The Morgan fingerprint density at radius 3 is 1.25 bits per heavy atom. The molecule has 0 radical (unpaired) electrons. The van der Waals surface area contributed by atoms with E-state index in [4.69, 9.17) is 21.7 Å². The smallest absolute Gasteiger partial charge is 0.306 e. The van der Waals surface area contributed by atoms with Crippen LogP contribution in [0.25, 0.3) is 0 Å². The summed E-state index contributed by atoms with van der Waals surface area (Å²) in [5, 5.41) is 4.17. The van der Waals surface area contributed by atoms with Crippen LogP contribution in [-0.2, 0) is 19.1 Å². The topological polar surface area (TPSA) is 71.1 Å². The molecular formula is C49H97N3O4S. The molecule has 0 rings (SSSR count). The van der Waals surface area contributed by atoms with E-state index in [0.717, 1.165) is 89.1 Å². The molecular weight excluding hydrogens is 727 g/mol. The minimum atomic E-state index is -0.00256. The van der Waals surface area contributed by atoms with Crippen molar-refractivity contribution in [1.29, 1.82) is 0 Å². The fourth-order valence-corrected chi connectivity index (χ4v) is 7.74. The number of unbranched alkanes of at least 4 members (excludes halogenated alkanes) is 22. The van der Waals surface area contributed by atoms with Gasteiger partial charge in [-0.1, -0.05) is 156 Å². The molecule has 0 aliphatic carbocycles. The summed E-state index contributed by atoms with van der Waals surface area (Å²) in [4.78, 5) is 29.9. The zero-order valence-electron chi connectivity index (χ0n) is 39.0. The lowest BCUT2D eigenvalue weighted by Crippen LogP contribution is -2.36. The Bertz CT molecular complexity index is 904. The molecule has 1 N–H and O–H groups in total. The molecule has 57 heavy (non-hydrogen) atoms. The van der Waals surface area contributed by atoms with Gasteiger partial charge in [0.2, 0.25) is 0 Å². The van der Waals surface area contributed by atoms with E-state index >= 15 is 0 Å². The third-order valence-corrected chi connectivity index (χ3v) is 12.0. The molecule has 0 spiro atoms. The van der Waals surface area contributed by atoms with Gasteiger partial charge in [0, 0.05) is 33.5 Å². The predicted molar refractivity (Wildman–Crippen MR) is 250 cm³/mol. The standard InChI is InChI=1S/C49H97N3O4S/c1-7-11-14-17-22-28-36-45(10-4)55-47(53)39-31-24-19-26-33-42-52(44-35-41-50-49(57)51(5)6)43-34-27-20-25-32-40-48(54)56-46(37-29-21-16-13-9-3)38-30-23-18-15-12-8-2/h45-46H,7-44H2,1-6H3,(H,50,57). The number of thiocarbonyl (C=S) groups is 1. The van der Waals surface area contributed by atoms with E-state index in [9.17, 15) is 9.59 Å². The van der Waals surface area contributed by atoms with Gasteiger partial charge in [-0.25, -0.2) is 0 Å². The molecule has 7 nitrogen and oxygen atoms in total. The second kappa shape index (κ2) is 42.7. The number of nitrogens with one attached hydrogen (secondary N) is 1. The summed E-state index contributed by atoms with van der Waals surface area (Å²) in [5.41, 5.74) is 0. The van der Waals surface area contributed by atoms with Gasteiger partial charge in [-0.3, -0.25) is 9.59 Å². The van der Waals surface area contributed by atoms with Crippen molar-refractivity contribution in [2.45, 2.75) is 258 Å². The van der Waals surface area contributed by atoms with Crippen molar-refractivity contribution in [3.8, 4) is 0 Å². The molecule has 0 aromatic heterocycles. The van der Waals surface area contributed by atoms with E-state index in [1.165, 1.54) is 148 Å². The van der Waals surface area contributed by atoms with Gasteiger partial charge in [-0.2, -0.15) is 0 Å². The minimum Gasteiger partial charge on any atom is -0.462 e. The first kappa shape index (κ1) is 55.6. The highest BCUT2D eigenvalue weighted by atomic mass is 32.1. The lowest BCUT2D eigenvalue weighted by molar-refractivity contribution is -0.150. The second-order valence-electron chi connectivity index (χ2n) is 17.3. The van der Waals surface area contributed by atoms with E-state index in [2.05, 4.69) is 37.9 Å². The second-order valence-corrected chi connectivity index (χ2v) is 17.7. The molecule has 2 unspecified atom stereocenters. The Kier molecular flexibility index (Phi) is 41.6. The highest BCUT2D eigenvalue weighted by Gasteiger charge is 2.15. The van der Waals surface area contributed by atoms with Crippen molar-refractivity contribution in [3.05, 3.63) is 0 Å². The number of ether oxygens (including phenoxy) is 2. The lowest BCUT2D eigenvalue weighted by atomic mass is 10.0. The van der Waals surface area contributed by atoms with Crippen molar-refractivity contribution < 1.29 is 19.1 Å². The largest absolute Gasteiger partial charge is 0.462 e. The fourth-order valence-electron chi connectivity index (χ4n) is 7.64. The molecule has 0 saturated heterocycles. The zero-order chi connectivity index (χ0) is 42.0. The van der Waals surface area contributed by atoms with Gasteiger partial charge in [-0.15, -0.1) is 0 Å². The Morgan fingerprint density at radius 1 is 0.474 bits per heavy atom. The summed E-state index contributed by atoms with van der Waals surface area (Å²) in [6.07, 6.45) is 39.4. The van der Waals surface area contributed by atoms with Gasteiger partial charge in [0.05, 0.1) is 0 Å². The highest BCUT2D eigenvalue weighted by Crippen LogP contribution is 2.19. The first-order valence-corrected chi connectivity index (χ1v) is 25.2. The molecule has 0 aromatic rings. The van der Waals surface area contributed by atoms with Gasteiger partial charge in [0.25, 0.3) is 0 Å². The third kappa shape index (κ3) is 38.5. The van der Waals surface area contributed by atoms with E-state index in [0.29, 0.717) is 12.8 Å². The van der Waals surface area contributed by atoms with Crippen LogP contribution in [0.3, 0.4) is 0 Å². The van der Waals surface area contributed by atoms with Crippen molar-refractivity contribution in [2.24, 2.45) is 0 Å². The Balaban J connectivity index is 4.43. The number of hydrogen-bond donors (Lipinski definition) is 1. The maximum atomic E-state index is 12.8. The Morgan fingerprint density at radius 2 is 0.825 bits per heavy atom. The summed E-state index contributed by atoms with van der Waals surface area (Å²) in [6.45, 7) is 13.1.